The number of halogens is 1. The minimum atomic E-state index is -0.0244. The van der Waals surface area contributed by atoms with Crippen LogP contribution in [0.15, 0.2) is 36.4 Å². The maximum Gasteiger partial charge on any atom is 0.251 e. The van der Waals surface area contributed by atoms with Gasteiger partial charge < -0.3 is 10.1 Å². The topological polar surface area (TPSA) is 54.5 Å². The molecule has 2 saturated heterocycles. The number of amides is 1. The minimum absolute atomic E-state index is 0.0244. The summed E-state index contributed by atoms with van der Waals surface area (Å²) < 4.78 is 6.08. The van der Waals surface area contributed by atoms with Crippen molar-refractivity contribution in [2.24, 2.45) is 0 Å². The molecule has 2 aromatic rings. The van der Waals surface area contributed by atoms with Gasteiger partial charge in [-0.15, -0.1) is 0 Å². The number of aryl methyl sites for hydroxylation is 2. The average Bonchev–Trinajstić information content (AvgIpc) is 3.02. The molecule has 2 aliphatic heterocycles. The van der Waals surface area contributed by atoms with Gasteiger partial charge in [0.05, 0.1) is 12.7 Å². The first-order chi connectivity index (χ1) is 13.0. The molecule has 1 N–H and O–H groups in total. The zero-order valence-electron chi connectivity index (χ0n) is 15.6. The van der Waals surface area contributed by atoms with Gasteiger partial charge in [0, 0.05) is 47.1 Å². The summed E-state index contributed by atoms with van der Waals surface area (Å²) in [6.45, 7) is 6.20. The SMILES string of the molecule is Cc1cc(C(=O)N[C@H]2C[C@H]3CO[C@@H](c4ccc(Cl)cc4)CN3C2)cc(C)n1. The zero-order valence-corrected chi connectivity index (χ0v) is 16.4. The summed E-state index contributed by atoms with van der Waals surface area (Å²) in [5.41, 5.74) is 3.56. The molecule has 0 radical (unpaired) electrons. The van der Waals surface area contributed by atoms with Crippen molar-refractivity contribution in [3.05, 3.63) is 63.9 Å². The van der Waals surface area contributed by atoms with Crippen LogP contribution in [0.5, 0.6) is 0 Å². The molecule has 0 bridgehead atoms. The molecule has 1 aromatic carbocycles. The van der Waals surface area contributed by atoms with Gasteiger partial charge in [-0.25, -0.2) is 0 Å². The fourth-order valence-electron chi connectivity index (χ4n) is 4.09. The molecule has 5 nitrogen and oxygen atoms in total. The number of ether oxygens (including phenoxy) is 1. The highest BCUT2D eigenvalue weighted by Gasteiger charge is 2.38. The largest absolute Gasteiger partial charge is 0.371 e. The Kier molecular flexibility index (Phi) is 5.17. The summed E-state index contributed by atoms with van der Waals surface area (Å²) in [5.74, 6) is -0.0244. The number of hydrogen-bond donors (Lipinski definition) is 1. The highest BCUT2D eigenvalue weighted by molar-refractivity contribution is 6.30. The van der Waals surface area contributed by atoms with Crippen molar-refractivity contribution in [3.63, 3.8) is 0 Å². The Hall–Kier alpha value is -1.95. The van der Waals surface area contributed by atoms with Crippen molar-refractivity contribution < 1.29 is 9.53 Å². The number of morpholine rings is 1. The molecule has 6 heteroatoms. The van der Waals surface area contributed by atoms with E-state index in [1.807, 2.05) is 50.2 Å². The molecule has 1 amide bonds. The summed E-state index contributed by atoms with van der Waals surface area (Å²) in [7, 11) is 0. The number of pyridine rings is 1. The van der Waals surface area contributed by atoms with Gasteiger partial charge in [0.15, 0.2) is 0 Å². The van der Waals surface area contributed by atoms with E-state index in [0.29, 0.717) is 18.2 Å². The molecular formula is C21H24ClN3O2. The molecular weight excluding hydrogens is 362 g/mol. The number of nitrogens with zero attached hydrogens (tertiary/aromatic N) is 2. The van der Waals surface area contributed by atoms with Gasteiger partial charge >= 0.3 is 0 Å². The van der Waals surface area contributed by atoms with Crippen LogP contribution >= 0.6 is 11.6 Å². The van der Waals surface area contributed by atoms with Crippen LogP contribution in [0.3, 0.4) is 0 Å². The molecule has 142 valence electrons. The molecule has 0 aliphatic carbocycles. The number of fused-ring (bicyclic) bond motifs is 1. The summed E-state index contributed by atoms with van der Waals surface area (Å²) in [6, 6.07) is 12.0. The first kappa shape index (κ1) is 18.4. The highest BCUT2D eigenvalue weighted by Crippen LogP contribution is 2.31. The minimum Gasteiger partial charge on any atom is -0.371 e. The van der Waals surface area contributed by atoms with E-state index in [1.165, 1.54) is 0 Å². The molecule has 2 fully saturated rings. The Morgan fingerprint density at radius 3 is 2.59 bits per heavy atom. The van der Waals surface area contributed by atoms with Crippen molar-refractivity contribution in [1.29, 1.82) is 0 Å². The Bertz CT molecular complexity index is 820. The lowest BCUT2D eigenvalue weighted by Gasteiger charge is -2.35. The third-order valence-electron chi connectivity index (χ3n) is 5.34. The zero-order chi connectivity index (χ0) is 19.0. The maximum atomic E-state index is 12.6. The summed E-state index contributed by atoms with van der Waals surface area (Å²) in [4.78, 5) is 19.4. The fourth-order valence-corrected chi connectivity index (χ4v) is 4.22. The van der Waals surface area contributed by atoms with Crippen molar-refractivity contribution in [3.8, 4) is 0 Å². The van der Waals surface area contributed by atoms with Crippen LogP contribution in [-0.2, 0) is 4.74 Å². The van der Waals surface area contributed by atoms with Crippen molar-refractivity contribution in [2.45, 2.75) is 38.5 Å². The standard InChI is InChI=1S/C21H24ClN3O2/c1-13-7-16(8-14(2)23-13)21(26)24-18-9-19-12-27-20(11-25(19)10-18)15-3-5-17(22)6-4-15/h3-8,18-20H,9-12H2,1-2H3,(H,24,26)/t18-,19-,20+/m0/s1. The van der Waals surface area contributed by atoms with Crippen LogP contribution in [0, 0.1) is 13.8 Å². The Balaban J connectivity index is 1.38. The quantitative estimate of drug-likeness (QED) is 0.880. The van der Waals surface area contributed by atoms with E-state index in [9.17, 15) is 4.79 Å². The predicted octanol–water partition coefficient (Wildman–Crippen LogP) is 3.30. The third kappa shape index (κ3) is 4.15. The van der Waals surface area contributed by atoms with Gasteiger partial charge in [0.25, 0.3) is 5.91 Å². The van der Waals surface area contributed by atoms with Crippen LogP contribution < -0.4 is 5.32 Å². The highest BCUT2D eigenvalue weighted by atomic mass is 35.5. The second kappa shape index (κ2) is 7.58. The Labute approximate surface area is 164 Å². The second-order valence-corrected chi connectivity index (χ2v) is 7.96. The molecule has 3 heterocycles. The lowest BCUT2D eigenvalue weighted by Crippen LogP contribution is -2.43. The van der Waals surface area contributed by atoms with Crippen molar-refractivity contribution >= 4 is 17.5 Å². The maximum absolute atomic E-state index is 12.6. The van der Waals surface area contributed by atoms with Gasteiger partial charge in [-0.2, -0.15) is 0 Å². The monoisotopic (exact) mass is 385 g/mol. The predicted molar refractivity (Wildman–Crippen MR) is 105 cm³/mol. The van der Waals surface area contributed by atoms with Gasteiger partial charge in [-0.05, 0) is 50.1 Å². The van der Waals surface area contributed by atoms with E-state index in [2.05, 4.69) is 15.2 Å². The van der Waals surface area contributed by atoms with E-state index in [0.717, 1.165) is 41.5 Å². The van der Waals surface area contributed by atoms with E-state index >= 15 is 0 Å². The van der Waals surface area contributed by atoms with Gasteiger partial charge in [0.1, 0.15) is 0 Å². The Morgan fingerprint density at radius 2 is 1.89 bits per heavy atom. The van der Waals surface area contributed by atoms with Crippen LogP contribution in [0.4, 0.5) is 0 Å². The molecule has 27 heavy (non-hydrogen) atoms. The van der Waals surface area contributed by atoms with Gasteiger partial charge in [-0.3, -0.25) is 14.7 Å². The fraction of sp³-hybridized carbons (Fsp3) is 0.429. The van der Waals surface area contributed by atoms with Gasteiger partial charge in [-0.1, -0.05) is 23.7 Å². The van der Waals surface area contributed by atoms with Crippen LogP contribution in [0.2, 0.25) is 5.02 Å². The van der Waals surface area contributed by atoms with Crippen molar-refractivity contribution in [2.75, 3.05) is 19.7 Å². The number of benzene rings is 1. The van der Waals surface area contributed by atoms with Crippen LogP contribution in [-0.4, -0.2) is 47.6 Å². The smallest absolute Gasteiger partial charge is 0.251 e. The average molecular weight is 386 g/mol. The van der Waals surface area contributed by atoms with E-state index in [1.54, 1.807) is 0 Å². The lowest BCUT2D eigenvalue weighted by atomic mass is 10.1. The molecule has 3 atom stereocenters. The Morgan fingerprint density at radius 1 is 1.19 bits per heavy atom. The summed E-state index contributed by atoms with van der Waals surface area (Å²) in [5, 5.41) is 3.92. The third-order valence-corrected chi connectivity index (χ3v) is 5.59. The molecule has 2 aliphatic rings. The summed E-state index contributed by atoms with van der Waals surface area (Å²) >= 11 is 5.98. The van der Waals surface area contributed by atoms with Crippen molar-refractivity contribution in [1.82, 2.24) is 15.2 Å². The molecule has 0 saturated carbocycles. The number of carbonyl (C=O) groups is 1. The van der Waals surface area contributed by atoms with Gasteiger partial charge in [0.2, 0.25) is 0 Å². The first-order valence-electron chi connectivity index (χ1n) is 9.35. The first-order valence-corrected chi connectivity index (χ1v) is 9.73. The van der Waals surface area contributed by atoms with E-state index in [-0.39, 0.29) is 18.1 Å². The number of hydrogen-bond acceptors (Lipinski definition) is 4. The molecule has 4 rings (SSSR count). The lowest BCUT2D eigenvalue weighted by molar-refractivity contribution is -0.0502. The van der Waals surface area contributed by atoms with Crippen LogP contribution in [0.25, 0.3) is 0 Å². The molecule has 1 aromatic heterocycles. The van der Waals surface area contributed by atoms with Crippen LogP contribution in [0.1, 0.15) is 39.8 Å². The molecule has 0 spiro atoms. The number of nitrogens with one attached hydrogen (secondary N) is 1. The number of carbonyl (C=O) groups excluding carboxylic acids is 1. The number of rotatable bonds is 3. The number of aromatic nitrogens is 1. The second-order valence-electron chi connectivity index (χ2n) is 7.53. The summed E-state index contributed by atoms with van der Waals surface area (Å²) in [6.07, 6.45) is 0.973. The van der Waals surface area contributed by atoms with E-state index < -0.39 is 0 Å². The normalized spacial score (nSPS) is 25.2. The van der Waals surface area contributed by atoms with E-state index in [4.69, 9.17) is 16.3 Å². The molecule has 0 unspecified atom stereocenters.